The Labute approximate surface area is 183 Å². The van der Waals surface area contributed by atoms with E-state index in [1.165, 1.54) is 5.57 Å². The number of hydrogen-bond donors (Lipinski definition) is 1. The third kappa shape index (κ3) is 4.70. The zero-order chi connectivity index (χ0) is 22.4. The van der Waals surface area contributed by atoms with Crippen molar-refractivity contribution in [3.63, 3.8) is 0 Å². The number of carbonyl (C=O) groups is 2. The molecule has 1 aromatic heterocycles. The number of thiophene rings is 1. The van der Waals surface area contributed by atoms with Crippen LogP contribution in [0.25, 0.3) is 11.1 Å². The van der Waals surface area contributed by atoms with E-state index in [-0.39, 0.29) is 11.3 Å². The van der Waals surface area contributed by atoms with Crippen LogP contribution in [-0.2, 0) is 14.3 Å². The van der Waals surface area contributed by atoms with Gasteiger partial charge in [-0.2, -0.15) is 0 Å². The van der Waals surface area contributed by atoms with Gasteiger partial charge in [0.2, 0.25) is 5.91 Å². The molecule has 1 aliphatic carbocycles. The zero-order valence-electron chi connectivity index (χ0n) is 19.1. The lowest BCUT2D eigenvalue weighted by Gasteiger charge is -2.31. The maximum absolute atomic E-state index is 12.3. The molecule has 3 rings (SSSR count). The second-order valence-corrected chi connectivity index (χ2v) is 11.4. The molecule has 0 saturated heterocycles. The van der Waals surface area contributed by atoms with Crippen molar-refractivity contribution in [3.8, 4) is 0 Å². The van der Waals surface area contributed by atoms with Crippen LogP contribution in [0.3, 0.4) is 0 Å². The summed E-state index contributed by atoms with van der Waals surface area (Å²) in [4.78, 5) is 28.1. The highest BCUT2D eigenvalue weighted by Crippen LogP contribution is 2.47. The van der Waals surface area contributed by atoms with Crippen LogP contribution in [-0.4, -0.2) is 41.1 Å². The van der Waals surface area contributed by atoms with Gasteiger partial charge in [0, 0.05) is 40.5 Å². The fraction of sp³-hybridized carbons (Fsp3) is 0.583. The van der Waals surface area contributed by atoms with Gasteiger partial charge in [-0.25, -0.2) is 4.79 Å². The molecule has 5 nitrogen and oxygen atoms in total. The second kappa shape index (κ2) is 7.97. The highest BCUT2D eigenvalue weighted by Gasteiger charge is 2.36. The Hall–Kier alpha value is -1.92. The van der Waals surface area contributed by atoms with Crippen molar-refractivity contribution in [1.29, 1.82) is 0 Å². The third-order valence-electron chi connectivity index (χ3n) is 5.76. The lowest BCUT2D eigenvalue weighted by Crippen LogP contribution is -2.28. The number of rotatable bonds is 5. The van der Waals surface area contributed by atoms with Gasteiger partial charge >= 0.3 is 5.97 Å². The first-order chi connectivity index (χ1) is 13.8. The Bertz CT molecular complexity index is 930. The SMILES string of the molecule is Cc1sc(C2=CC(=O)N(C)C2)c(C2=CCC(C)(C)CC2)c1C(OC(C)(C)C)C(=O)O. The van der Waals surface area contributed by atoms with E-state index < -0.39 is 17.7 Å². The van der Waals surface area contributed by atoms with Gasteiger partial charge in [-0.05, 0) is 63.5 Å². The van der Waals surface area contributed by atoms with Crippen LogP contribution in [0.2, 0.25) is 0 Å². The Kier molecular flexibility index (Phi) is 6.04. The van der Waals surface area contributed by atoms with Crippen molar-refractivity contribution in [2.45, 2.75) is 72.5 Å². The summed E-state index contributed by atoms with van der Waals surface area (Å²) in [5.41, 5.74) is 3.50. The van der Waals surface area contributed by atoms with E-state index in [0.29, 0.717) is 6.54 Å². The number of aliphatic carboxylic acids is 1. The van der Waals surface area contributed by atoms with Crippen molar-refractivity contribution in [1.82, 2.24) is 4.90 Å². The standard InChI is InChI=1S/C24H33NO4S/c1-14-18(20(22(27)28)29-23(2,3)4)19(15-8-10-24(5,6)11-9-15)21(30-14)16-12-17(26)25(7)13-16/h8,12,20H,9-11,13H2,1-7H3,(H,27,28). The molecule has 0 radical (unpaired) electrons. The molecule has 2 aliphatic rings. The van der Waals surface area contributed by atoms with Crippen molar-refractivity contribution >= 4 is 34.4 Å². The number of allylic oxidation sites excluding steroid dienone is 2. The molecule has 164 valence electrons. The van der Waals surface area contributed by atoms with Gasteiger partial charge in [0.25, 0.3) is 0 Å². The topological polar surface area (TPSA) is 66.8 Å². The quantitative estimate of drug-likeness (QED) is 0.673. The van der Waals surface area contributed by atoms with Gasteiger partial charge in [-0.1, -0.05) is 19.9 Å². The van der Waals surface area contributed by atoms with Crippen molar-refractivity contribution < 1.29 is 19.4 Å². The molecule has 2 heterocycles. The minimum Gasteiger partial charge on any atom is -0.479 e. The van der Waals surface area contributed by atoms with E-state index in [9.17, 15) is 14.7 Å². The molecule has 0 aromatic carbocycles. The first kappa shape index (κ1) is 22.8. The third-order valence-corrected chi connectivity index (χ3v) is 6.95. The fourth-order valence-electron chi connectivity index (χ4n) is 4.08. The predicted molar refractivity (Wildman–Crippen MR) is 121 cm³/mol. The normalized spacial score (nSPS) is 20.2. The summed E-state index contributed by atoms with van der Waals surface area (Å²) >= 11 is 1.58. The van der Waals surface area contributed by atoms with E-state index in [0.717, 1.165) is 45.7 Å². The molecule has 1 atom stereocenters. The number of aryl methyl sites for hydroxylation is 1. The molecule has 0 spiro atoms. The minimum atomic E-state index is -1.05. The van der Waals surface area contributed by atoms with E-state index in [1.54, 1.807) is 29.4 Å². The maximum atomic E-state index is 12.3. The lowest BCUT2D eigenvalue weighted by atomic mass is 9.76. The van der Waals surface area contributed by atoms with Crippen LogP contribution in [0, 0.1) is 12.3 Å². The summed E-state index contributed by atoms with van der Waals surface area (Å²) in [6, 6.07) is 0. The van der Waals surface area contributed by atoms with Crippen LogP contribution >= 0.6 is 11.3 Å². The van der Waals surface area contributed by atoms with E-state index in [1.807, 2.05) is 27.7 Å². The summed E-state index contributed by atoms with van der Waals surface area (Å²) in [6.07, 6.45) is 5.79. The minimum absolute atomic E-state index is 0.0111. The number of carboxylic acids is 1. The molecule has 1 aliphatic heterocycles. The monoisotopic (exact) mass is 431 g/mol. The van der Waals surface area contributed by atoms with Crippen LogP contribution in [0.1, 0.15) is 80.9 Å². The van der Waals surface area contributed by atoms with Gasteiger partial charge < -0.3 is 14.7 Å². The Morgan fingerprint density at radius 2 is 1.97 bits per heavy atom. The number of carbonyl (C=O) groups excluding carboxylic acids is 1. The highest BCUT2D eigenvalue weighted by molar-refractivity contribution is 7.13. The summed E-state index contributed by atoms with van der Waals surface area (Å²) < 4.78 is 6.04. The molecule has 30 heavy (non-hydrogen) atoms. The first-order valence-corrected chi connectivity index (χ1v) is 11.3. The molecular weight excluding hydrogens is 398 g/mol. The molecular formula is C24H33NO4S. The van der Waals surface area contributed by atoms with Gasteiger partial charge in [-0.3, -0.25) is 4.79 Å². The summed E-state index contributed by atoms with van der Waals surface area (Å²) in [7, 11) is 1.79. The number of hydrogen-bond acceptors (Lipinski definition) is 4. The van der Waals surface area contributed by atoms with E-state index in [4.69, 9.17) is 4.74 Å². The average molecular weight is 432 g/mol. The van der Waals surface area contributed by atoms with Crippen LogP contribution in [0.15, 0.2) is 12.2 Å². The molecule has 1 amide bonds. The van der Waals surface area contributed by atoms with Crippen molar-refractivity contribution in [2.24, 2.45) is 5.41 Å². The Morgan fingerprint density at radius 3 is 2.43 bits per heavy atom. The fourth-order valence-corrected chi connectivity index (χ4v) is 5.31. The van der Waals surface area contributed by atoms with Gasteiger partial charge in [-0.15, -0.1) is 11.3 Å². The molecule has 1 unspecified atom stereocenters. The molecule has 0 saturated carbocycles. The number of likely N-dealkylation sites (N-methyl/N-ethyl adjacent to an activating group) is 1. The van der Waals surface area contributed by atoms with Crippen molar-refractivity contribution in [3.05, 3.63) is 33.0 Å². The van der Waals surface area contributed by atoms with Gasteiger partial charge in [0.05, 0.1) is 5.60 Å². The number of nitrogens with zero attached hydrogens (tertiary/aromatic N) is 1. The number of carboxylic acid groups (broad SMARTS) is 1. The second-order valence-electron chi connectivity index (χ2n) is 10.2. The molecule has 0 fully saturated rings. The zero-order valence-corrected chi connectivity index (χ0v) is 19.9. The highest BCUT2D eigenvalue weighted by atomic mass is 32.1. The maximum Gasteiger partial charge on any atom is 0.337 e. The smallest absolute Gasteiger partial charge is 0.337 e. The molecule has 1 N–H and O–H groups in total. The van der Waals surface area contributed by atoms with Crippen molar-refractivity contribution in [2.75, 3.05) is 13.6 Å². The average Bonchev–Trinajstić information content (AvgIpc) is 3.11. The largest absolute Gasteiger partial charge is 0.479 e. The molecule has 6 heteroatoms. The summed E-state index contributed by atoms with van der Waals surface area (Å²) in [6.45, 7) is 12.7. The Morgan fingerprint density at radius 1 is 1.30 bits per heavy atom. The lowest BCUT2D eigenvalue weighted by molar-refractivity contribution is -0.160. The summed E-state index contributed by atoms with van der Waals surface area (Å²) in [5, 5.41) is 10.1. The van der Waals surface area contributed by atoms with Crippen LogP contribution < -0.4 is 0 Å². The Balaban J connectivity index is 2.20. The predicted octanol–water partition coefficient (Wildman–Crippen LogP) is 5.45. The van der Waals surface area contributed by atoms with Crippen LogP contribution in [0.5, 0.6) is 0 Å². The summed E-state index contributed by atoms with van der Waals surface area (Å²) in [5.74, 6) is -0.994. The number of ether oxygens (including phenoxy) is 1. The van der Waals surface area contributed by atoms with Gasteiger partial charge in [0.15, 0.2) is 6.10 Å². The molecule has 0 bridgehead atoms. The first-order valence-electron chi connectivity index (χ1n) is 10.5. The van der Waals surface area contributed by atoms with E-state index in [2.05, 4.69) is 19.9 Å². The van der Waals surface area contributed by atoms with Gasteiger partial charge in [0.1, 0.15) is 0 Å². The van der Waals surface area contributed by atoms with Crippen LogP contribution in [0.4, 0.5) is 0 Å². The molecule has 1 aromatic rings. The van der Waals surface area contributed by atoms with E-state index >= 15 is 0 Å². The number of amides is 1.